The van der Waals surface area contributed by atoms with E-state index < -0.39 is 6.10 Å². The van der Waals surface area contributed by atoms with Gasteiger partial charge in [0.2, 0.25) is 0 Å². The lowest BCUT2D eigenvalue weighted by Gasteiger charge is -2.21. The molecule has 0 spiro atoms. The first-order chi connectivity index (χ1) is 9.71. The van der Waals surface area contributed by atoms with Crippen LogP contribution in [-0.2, 0) is 14.3 Å². The number of hydrogen-bond acceptors (Lipinski definition) is 6. The summed E-state index contributed by atoms with van der Waals surface area (Å²) in [6.45, 7) is 0.0382. The van der Waals surface area contributed by atoms with Gasteiger partial charge in [-0.15, -0.1) is 11.8 Å². The van der Waals surface area contributed by atoms with Crippen LogP contribution < -0.4 is 0 Å². The van der Waals surface area contributed by atoms with E-state index in [4.69, 9.17) is 4.74 Å². The average Bonchev–Trinajstić information content (AvgIpc) is 2.84. The zero-order chi connectivity index (χ0) is 14.5. The normalized spacial score (nSPS) is 29.5. The topological polar surface area (TPSA) is 76.0 Å². The zero-order valence-electron chi connectivity index (χ0n) is 11.2. The van der Waals surface area contributed by atoms with Crippen molar-refractivity contribution in [2.45, 2.75) is 18.9 Å². The summed E-state index contributed by atoms with van der Waals surface area (Å²) in [6.07, 6.45) is 3.89. The predicted octanol–water partition coefficient (Wildman–Crippen LogP) is 1.01. The zero-order valence-corrected chi connectivity index (χ0v) is 12.1. The van der Waals surface area contributed by atoms with Gasteiger partial charge in [0, 0.05) is 38.0 Å². The van der Waals surface area contributed by atoms with Crippen molar-refractivity contribution >= 4 is 28.5 Å². The summed E-state index contributed by atoms with van der Waals surface area (Å²) in [5.74, 6) is 2.50. The largest absolute Gasteiger partial charge is 0.396 e. The Morgan fingerprint density at radius 3 is 3.05 bits per heavy atom. The highest BCUT2D eigenvalue weighted by Gasteiger charge is 2.35. The van der Waals surface area contributed by atoms with Crippen molar-refractivity contribution in [1.29, 1.82) is 0 Å². The Bertz CT molecular complexity index is 493. The second kappa shape index (κ2) is 6.99. The minimum atomic E-state index is -0.508. The highest BCUT2D eigenvalue weighted by molar-refractivity contribution is 8.14. The van der Waals surface area contributed by atoms with E-state index in [-0.39, 0.29) is 24.2 Å². The summed E-state index contributed by atoms with van der Waals surface area (Å²) in [5.41, 5.74) is 0.404. The smallest absolute Gasteiger partial charge is 0.140 e. The van der Waals surface area contributed by atoms with Gasteiger partial charge in [-0.05, 0) is 18.4 Å². The van der Waals surface area contributed by atoms with Gasteiger partial charge < -0.3 is 9.84 Å². The first-order valence-corrected chi connectivity index (χ1v) is 7.48. The molecule has 3 atom stereocenters. The molecule has 1 aliphatic heterocycles. The van der Waals surface area contributed by atoms with Gasteiger partial charge in [-0.25, -0.2) is 4.79 Å². The number of rotatable bonds is 4. The van der Waals surface area contributed by atoms with Gasteiger partial charge in [-0.3, -0.25) is 9.79 Å². The van der Waals surface area contributed by atoms with E-state index in [1.165, 1.54) is 25.1 Å². The highest BCUT2D eigenvalue weighted by atomic mass is 32.2. The van der Waals surface area contributed by atoms with Gasteiger partial charge in [-0.1, -0.05) is 0 Å². The van der Waals surface area contributed by atoms with E-state index in [1.807, 2.05) is 5.94 Å². The van der Waals surface area contributed by atoms with Crippen LogP contribution in [0.15, 0.2) is 22.8 Å². The van der Waals surface area contributed by atoms with Crippen LogP contribution in [0, 0.1) is 11.8 Å². The number of carbonyl (C=O) groups excluding carboxylic acids is 2. The molecule has 1 unspecified atom stereocenters. The summed E-state index contributed by atoms with van der Waals surface area (Å²) in [7, 11) is 1.51. The third kappa shape index (κ3) is 3.10. The molecule has 0 saturated heterocycles. The molecule has 0 amide bonds. The first kappa shape index (κ1) is 15.2. The second-order valence-electron chi connectivity index (χ2n) is 4.82. The van der Waals surface area contributed by atoms with Crippen LogP contribution in [0.25, 0.3) is 0 Å². The lowest BCUT2D eigenvalue weighted by atomic mass is 9.99. The fourth-order valence-electron chi connectivity index (χ4n) is 2.51. The minimum Gasteiger partial charge on any atom is -0.396 e. The van der Waals surface area contributed by atoms with Gasteiger partial charge >= 0.3 is 0 Å². The first-order valence-electron chi connectivity index (χ1n) is 6.49. The molecule has 1 saturated carbocycles. The maximum Gasteiger partial charge on any atom is 0.140 e. The van der Waals surface area contributed by atoms with Crippen molar-refractivity contribution in [2.75, 3.05) is 19.5 Å². The number of hydrogen-bond donors (Lipinski definition) is 1. The van der Waals surface area contributed by atoms with Crippen molar-refractivity contribution in [1.82, 2.24) is 0 Å². The van der Waals surface area contributed by atoms with Gasteiger partial charge in [-0.2, -0.15) is 0 Å². The number of ether oxygens (including phenoxy) is 1. The van der Waals surface area contributed by atoms with Gasteiger partial charge in [0.1, 0.15) is 22.9 Å². The third-order valence-corrected chi connectivity index (χ3v) is 4.85. The third-order valence-electron chi connectivity index (χ3n) is 3.71. The molecule has 6 heteroatoms. The number of carbonyl (C=O) groups is 1. The quantitative estimate of drug-likeness (QED) is 0.783. The number of aliphatic imine (C=N–C) groups is 1. The van der Waals surface area contributed by atoms with Crippen LogP contribution in [0.5, 0.6) is 0 Å². The molecular formula is C14H17NO4S. The van der Waals surface area contributed by atoms with Crippen molar-refractivity contribution in [2.24, 2.45) is 16.8 Å². The van der Waals surface area contributed by atoms with Crippen molar-refractivity contribution < 1.29 is 19.4 Å². The molecule has 5 nitrogen and oxygen atoms in total. The Labute approximate surface area is 121 Å². The molecule has 108 valence electrons. The molecule has 1 heterocycles. The lowest BCUT2D eigenvalue weighted by Crippen LogP contribution is -2.27. The molecule has 0 bridgehead atoms. The number of nitrogens with zero attached hydrogens (tertiary/aromatic N) is 1. The van der Waals surface area contributed by atoms with Crippen molar-refractivity contribution in [3.8, 4) is 0 Å². The van der Waals surface area contributed by atoms with Gasteiger partial charge in [0.05, 0.1) is 5.57 Å². The Balaban J connectivity index is 2.03. The van der Waals surface area contributed by atoms with Crippen LogP contribution in [-0.4, -0.2) is 47.4 Å². The minimum absolute atomic E-state index is 0.0382. The Kier molecular flexibility index (Phi) is 5.31. The van der Waals surface area contributed by atoms with Crippen LogP contribution >= 0.6 is 11.8 Å². The van der Waals surface area contributed by atoms with Crippen LogP contribution in [0.1, 0.15) is 12.8 Å². The monoisotopic (exact) mass is 295 g/mol. The SMILES string of the molecule is COC1C(=C=O)C=CN=C1SC[C@@H]1C(=O)CC[C@H]1CO. The standard InChI is InChI=1S/C14H17NO4S/c1-19-13-10(7-17)4-5-15-14(13)20-8-11-9(6-16)2-3-12(11)18/h4-5,9,11,13,16H,2-3,6,8H2,1H3/t9-,11-,13?/m0/s1. The number of methoxy groups -OCH3 is 1. The predicted molar refractivity (Wildman–Crippen MR) is 77.3 cm³/mol. The van der Waals surface area contributed by atoms with Crippen LogP contribution in [0.2, 0.25) is 0 Å². The molecular weight excluding hydrogens is 278 g/mol. The molecule has 0 aromatic rings. The Morgan fingerprint density at radius 1 is 1.60 bits per heavy atom. The molecule has 1 fully saturated rings. The summed E-state index contributed by atoms with van der Waals surface area (Å²) in [5, 5.41) is 9.94. The average molecular weight is 295 g/mol. The number of Topliss-reactive ketones (excluding diaryl/α,β-unsaturated/α-hetero) is 1. The van der Waals surface area contributed by atoms with E-state index in [0.717, 1.165) is 6.42 Å². The Hall–Kier alpha value is -1.20. The lowest BCUT2D eigenvalue weighted by molar-refractivity contribution is -0.120. The maximum atomic E-state index is 11.8. The molecule has 2 rings (SSSR count). The van der Waals surface area contributed by atoms with E-state index in [9.17, 15) is 14.7 Å². The van der Waals surface area contributed by atoms with E-state index in [2.05, 4.69) is 4.99 Å². The molecule has 1 aliphatic carbocycles. The van der Waals surface area contributed by atoms with Crippen molar-refractivity contribution in [3.63, 3.8) is 0 Å². The van der Waals surface area contributed by atoms with E-state index in [0.29, 0.717) is 22.8 Å². The summed E-state index contributed by atoms with van der Waals surface area (Å²) < 4.78 is 5.27. The number of aliphatic hydroxyl groups excluding tert-OH is 1. The van der Waals surface area contributed by atoms with Crippen molar-refractivity contribution in [3.05, 3.63) is 17.8 Å². The van der Waals surface area contributed by atoms with Crippen LogP contribution in [0.4, 0.5) is 0 Å². The molecule has 20 heavy (non-hydrogen) atoms. The molecule has 0 radical (unpaired) electrons. The second-order valence-corrected chi connectivity index (χ2v) is 5.86. The molecule has 0 aromatic carbocycles. The van der Waals surface area contributed by atoms with Gasteiger partial charge in [0.15, 0.2) is 0 Å². The molecule has 0 aromatic heterocycles. The summed E-state index contributed by atoms with van der Waals surface area (Å²) >= 11 is 1.41. The fraction of sp³-hybridized carbons (Fsp3) is 0.571. The Morgan fingerprint density at radius 2 is 2.40 bits per heavy atom. The molecule has 2 aliphatic rings. The number of aliphatic hydroxyl groups is 1. The molecule has 1 N–H and O–H groups in total. The fourth-order valence-corrected chi connectivity index (χ4v) is 3.83. The summed E-state index contributed by atoms with van der Waals surface area (Å²) in [4.78, 5) is 26.9. The summed E-state index contributed by atoms with van der Waals surface area (Å²) in [6, 6.07) is 0. The maximum absolute atomic E-state index is 11.8. The van der Waals surface area contributed by atoms with Gasteiger partial charge in [0.25, 0.3) is 0 Å². The van der Waals surface area contributed by atoms with E-state index >= 15 is 0 Å². The highest BCUT2D eigenvalue weighted by Crippen LogP contribution is 2.32. The van der Waals surface area contributed by atoms with E-state index in [1.54, 1.807) is 6.08 Å². The number of ketones is 1. The number of thioether (sulfide) groups is 1. The van der Waals surface area contributed by atoms with Crippen LogP contribution in [0.3, 0.4) is 0 Å².